The van der Waals surface area contributed by atoms with Gasteiger partial charge < -0.3 is 5.32 Å². The van der Waals surface area contributed by atoms with Crippen LogP contribution in [0.4, 0.5) is 10.2 Å². The summed E-state index contributed by atoms with van der Waals surface area (Å²) in [5, 5.41) is 3.18. The van der Waals surface area contributed by atoms with Gasteiger partial charge in [-0.1, -0.05) is 18.6 Å². The van der Waals surface area contributed by atoms with Crippen LogP contribution in [0, 0.1) is 12.7 Å². The van der Waals surface area contributed by atoms with Gasteiger partial charge in [-0.15, -0.1) is 0 Å². The fraction of sp³-hybridized carbons (Fsp3) is 0.421. The molecule has 3 rings (SSSR count). The second-order valence-corrected chi connectivity index (χ2v) is 8.66. The minimum Gasteiger partial charge on any atom is -0.364 e. The zero-order chi connectivity index (χ0) is 18.7. The van der Waals surface area contributed by atoms with Gasteiger partial charge in [0, 0.05) is 19.3 Å². The van der Waals surface area contributed by atoms with Crippen LogP contribution >= 0.6 is 0 Å². The average Bonchev–Trinajstić information content (AvgIpc) is 2.65. The zero-order valence-electron chi connectivity index (χ0n) is 15.1. The van der Waals surface area contributed by atoms with Gasteiger partial charge >= 0.3 is 0 Å². The molecule has 1 aromatic heterocycles. The Morgan fingerprint density at radius 2 is 1.88 bits per heavy atom. The Hall–Kier alpha value is -1.99. The first kappa shape index (κ1) is 18.8. The first-order valence-corrected chi connectivity index (χ1v) is 10.3. The van der Waals surface area contributed by atoms with Crippen molar-refractivity contribution in [3.63, 3.8) is 0 Å². The van der Waals surface area contributed by atoms with Crippen molar-refractivity contribution in [1.29, 1.82) is 0 Å². The van der Waals surface area contributed by atoms with Gasteiger partial charge in [0.15, 0.2) is 0 Å². The Balaban J connectivity index is 1.71. The molecule has 1 atom stereocenters. The third-order valence-electron chi connectivity index (χ3n) is 4.75. The highest BCUT2D eigenvalue weighted by Gasteiger charge is 2.26. The van der Waals surface area contributed by atoms with Gasteiger partial charge in [0.1, 0.15) is 16.5 Å². The van der Waals surface area contributed by atoms with E-state index in [4.69, 9.17) is 0 Å². The lowest BCUT2D eigenvalue weighted by molar-refractivity contribution is 0.346. The predicted molar refractivity (Wildman–Crippen MR) is 100 cm³/mol. The molecule has 5 nitrogen and oxygen atoms in total. The standard InChI is InChI=1S/C19H24FN3O2S/c1-14-6-7-16(12-18(14)20)15(2)22-19-9-8-17(13-21-19)26(24,25)23-10-4-3-5-11-23/h6-9,12-13,15H,3-5,10-11H2,1-2H3,(H,21,22). The van der Waals surface area contributed by atoms with Crippen LogP contribution in [0.15, 0.2) is 41.4 Å². The summed E-state index contributed by atoms with van der Waals surface area (Å²) in [4.78, 5) is 4.44. The predicted octanol–water partition coefficient (Wildman–Crippen LogP) is 3.88. The molecule has 0 radical (unpaired) electrons. The molecule has 1 aliphatic rings. The number of nitrogens with one attached hydrogen (secondary N) is 1. The van der Waals surface area contributed by atoms with E-state index in [2.05, 4.69) is 10.3 Å². The molecule has 1 fully saturated rings. The maximum absolute atomic E-state index is 13.7. The van der Waals surface area contributed by atoms with Crippen molar-refractivity contribution in [3.8, 4) is 0 Å². The highest BCUT2D eigenvalue weighted by atomic mass is 32.2. The fourth-order valence-corrected chi connectivity index (χ4v) is 4.52. The summed E-state index contributed by atoms with van der Waals surface area (Å²) in [7, 11) is -3.48. The van der Waals surface area contributed by atoms with E-state index in [1.165, 1.54) is 16.6 Å². The largest absolute Gasteiger partial charge is 0.364 e. The molecular weight excluding hydrogens is 353 g/mol. The summed E-state index contributed by atoms with van der Waals surface area (Å²) in [6.07, 6.45) is 4.26. The van der Waals surface area contributed by atoms with E-state index in [-0.39, 0.29) is 16.8 Å². The highest BCUT2D eigenvalue weighted by molar-refractivity contribution is 7.89. The van der Waals surface area contributed by atoms with E-state index in [0.717, 1.165) is 24.8 Å². The topological polar surface area (TPSA) is 62.3 Å². The number of aromatic nitrogens is 1. The summed E-state index contributed by atoms with van der Waals surface area (Å²) in [6.45, 7) is 4.77. The normalized spacial score (nSPS) is 17.0. The minimum absolute atomic E-state index is 0.151. The summed E-state index contributed by atoms with van der Waals surface area (Å²) < 4.78 is 40.5. The minimum atomic E-state index is -3.48. The monoisotopic (exact) mass is 377 g/mol. The van der Waals surface area contributed by atoms with Gasteiger partial charge in [-0.05, 0) is 56.0 Å². The van der Waals surface area contributed by atoms with Crippen molar-refractivity contribution in [2.45, 2.75) is 44.0 Å². The zero-order valence-corrected chi connectivity index (χ0v) is 15.9. The number of rotatable bonds is 5. The van der Waals surface area contributed by atoms with Crippen LogP contribution in [0.3, 0.4) is 0 Å². The lowest BCUT2D eigenvalue weighted by Gasteiger charge is -2.25. The molecule has 2 heterocycles. The lowest BCUT2D eigenvalue weighted by atomic mass is 10.1. The Kier molecular flexibility index (Phi) is 5.58. The number of hydrogen-bond donors (Lipinski definition) is 1. The number of nitrogens with zero attached hydrogens (tertiary/aromatic N) is 2. The van der Waals surface area contributed by atoms with Crippen molar-refractivity contribution in [2.24, 2.45) is 0 Å². The van der Waals surface area contributed by atoms with Crippen LogP contribution in [-0.2, 0) is 10.0 Å². The van der Waals surface area contributed by atoms with E-state index >= 15 is 0 Å². The molecule has 0 bridgehead atoms. The first-order valence-electron chi connectivity index (χ1n) is 8.87. The molecule has 0 spiro atoms. The number of aryl methyl sites for hydroxylation is 1. The number of halogens is 1. The summed E-state index contributed by atoms with van der Waals surface area (Å²) >= 11 is 0. The van der Waals surface area contributed by atoms with Crippen LogP contribution in [-0.4, -0.2) is 30.8 Å². The molecule has 7 heteroatoms. The van der Waals surface area contributed by atoms with Crippen molar-refractivity contribution < 1.29 is 12.8 Å². The van der Waals surface area contributed by atoms with Crippen LogP contribution in [0.25, 0.3) is 0 Å². The van der Waals surface area contributed by atoms with Crippen LogP contribution in [0.2, 0.25) is 0 Å². The molecule has 0 amide bonds. The van der Waals surface area contributed by atoms with Crippen molar-refractivity contribution in [2.75, 3.05) is 18.4 Å². The second-order valence-electron chi connectivity index (χ2n) is 6.72. The Morgan fingerprint density at radius 1 is 1.15 bits per heavy atom. The summed E-state index contributed by atoms with van der Waals surface area (Å²) in [5.74, 6) is 0.308. The Labute approximate surface area is 154 Å². The van der Waals surface area contributed by atoms with Gasteiger partial charge in [0.05, 0.1) is 6.04 Å². The molecule has 1 saturated heterocycles. The molecular formula is C19H24FN3O2S. The SMILES string of the molecule is Cc1ccc(C(C)Nc2ccc(S(=O)(=O)N3CCCCC3)cn2)cc1F. The number of piperidine rings is 1. The molecule has 1 N–H and O–H groups in total. The fourth-order valence-electron chi connectivity index (χ4n) is 3.06. The average molecular weight is 377 g/mol. The van der Waals surface area contributed by atoms with Gasteiger partial charge in [-0.2, -0.15) is 4.31 Å². The van der Waals surface area contributed by atoms with E-state index < -0.39 is 10.0 Å². The van der Waals surface area contributed by atoms with E-state index in [1.54, 1.807) is 25.1 Å². The van der Waals surface area contributed by atoms with Crippen molar-refractivity contribution >= 4 is 15.8 Å². The third-order valence-corrected chi connectivity index (χ3v) is 6.63. The van der Waals surface area contributed by atoms with Crippen molar-refractivity contribution in [1.82, 2.24) is 9.29 Å². The first-order chi connectivity index (χ1) is 12.4. The smallest absolute Gasteiger partial charge is 0.244 e. The van der Waals surface area contributed by atoms with Crippen LogP contribution in [0.1, 0.15) is 43.4 Å². The number of sulfonamides is 1. The van der Waals surface area contributed by atoms with E-state index in [9.17, 15) is 12.8 Å². The number of benzene rings is 1. The third kappa shape index (κ3) is 4.04. The Morgan fingerprint density at radius 3 is 2.50 bits per heavy atom. The molecule has 1 aliphatic heterocycles. The number of hydrogen-bond acceptors (Lipinski definition) is 4. The maximum Gasteiger partial charge on any atom is 0.244 e. The van der Waals surface area contributed by atoms with E-state index in [1.807, 2.05) is 13.0 Å². The van der Waals surface area contributed by atoms with Gasteiger partial charge in [0.2, 0.25) is 10.0 Å². The molecule has 2 aromatic rings. The van der Waals surface area contributed by atoms with Gasteiger partial charge in [-0.3, -0.25) is 0 Å². The van der Waals surface area contributed by atoms with Crippen LogP contribution in [0.5, 0.6) is 0 Å². The molecule has 1 unspecified atom stereocenters. The summed E-state index contributed by atoms with van der Waals surface area (Å²) in [6, 6.07) is 8.18. The molecule has 1 aromatic carbocycles. The lowest BCUT2D eigenvalue weighted by Crippen LogP contribution is -2.35. The Bertz CT molecular complexity index is 863. The van der Waals surface area contributed by atoms with Crippen LogP contribution < -0.4 is 5.32 Å². The molecule has 140 valence electrons. The quantitative estimate of drug-likeness (QED) is 0.859. The molecule has 0 saturated carbocycles. The number of pyridine rings is 1. The number of anilines is 1. The second kappa shape index (κ2) is 7.72. The highest BCUT2D eigenvalue weighted by Crippen LogP contribution is 2.23. The molecule has 26 heavy (non-hydrogen) atoms. The van der Waals surface area contributed by atoms with E-state index in [0.29, 0.717) is 24.5 Å². The maximum atomic E-state index is 13.7. The van der Waals surface area contributed by atoms with Gasteiger partial charge in [0.25, 0.3) is 0 Å². The summed E-state index contributed by atoms with van der Waals surface area (Å²) in [5.41, 5.74) is 1.41. The van der Waals surface area contributed by atoms with Crippen molar-refractivity contribution in [3.05, 3.63) is 53.5 Å². The molecule has 0 aliphatic carbocycles. The van der Waals surface area contributed by atoms with Gasteiger partial charge in [-0.25, -0.2) is 17.8 Å².